The fourth-order valence-corrected chi connectivity index (χ4v) is 1.95. The Balaban J connectivity index is 3.84. The van der Waals surface area contributed by atoms with Gasteiger partial charge >= 0.3 is 0 Å². The second-order valence-corrected chi connectivity index (χ2v) is 5.63. The minimum Gasteiger partial charge on any atom is -0.273 e. The molecule has 0 aliphatic heterocycles. The van der Waals surface area contributed by atoms with Gasteiger partial charge in [-0.1, -0.05) is 27.7 Å². The van der Waals surface area contributed by atoms with E-state index < -0.39 is 0 Å². The standard InChI is InChI=1S/C17H32N4O2/c1-5-14(6-2)12-18-20-16(22)10-9-11-17(23)21-19-13-15(7-3)8-4/h12-15H,5-11H2,1-4H3,(H,20,22)(H,21,23). The van der Waals surface area contributed by atoms with E-state index >= 15 is 0 Å². The molecular weight excluding hydrogens is 292 g/mol. The van der Waals surface area contributed by atoms with E-state index in [1.54, 1.807) is 12.4 Å². The number of amides is 2. The molecule has 0 heterocycles. The molecular formula is C17H32N4O2. The second kappa shape index (κ2) is 13.9. The number of carbonyl (C=O) groups is 2. The number of hydrazone groups is 2. The molecule has 0 saturated heterocycles. The Labute approximate surface area is 140 Å². The van der Waals surface area contributed by atoms with Crippen molar-refractivity contribution in [2.45, 2.75) is 72.6 Å². The first-order valence-electron chi connectivity index (χ1n) is 8.71. The highest BCUT2D eigenvalue weighted by atomic mass is 16.2. The average Bonchev–Trinajstić information content (AvgIpc) is 2.55. The van der Waals surface area contributed by atoms with E-state index in [1.165, 1.54) is 0 Å². The van der Waals surface area contributed by atoms with Crippen LogP contribution in [-0.4, -0.2) is 24.2 Å². The molecule has 0 aromatic rings. The molecule has 0 bridgehead atoms. The first-order valence-corrected chi connectivity index (χ1v) is 8.71. The number of rotatable bonds is 12. The summed E-state index contributed by atoms with van der Waals surface area (Å²) in [6.45, 7) is 8.36. The maximum atomic E-state index is 11.6. The van der Waals surface area contributed by atoms with Crippen molar-refractivity contribution in [1.82, 2.24) is 10.9 Å². The Hall–Kier alpha value is -1.72. The third kappa shape index (κ3) is 11.5. The molecule has 0 rings (SSSR count). The highest BCUT2D eigenvalue weighted by Crippen LogP contribution is 2.04. The molecule has 2 amide bonds. The molecule has 132 valence electrons. The van der Waals surface area contributed by atoms with Crippen LogP contribution in [0.1, 0.15) is 72.6 Å². The Morgan fingerprint density at radius 3 is 1.43 bits per heavy atom. The largest absolute Gasteiger partial charge is 0.273 e. The summed E-state index contributed by atoms with van der Waals surface area (Å²) in [5.41, 5.74) is 5.00. The number of nitrogens with zero attached hydrogens (tertiary/aromatic N) is 2. The van der Waals surface area contributed by atoms with Crippen LogP contribution in [0.2, 0.25) is 0 Å². The molecule has 0 aliphatic carbocycles. The average molecular weight is 324 g/mol. The Morgan fingerprint density at radius 2 is 1.13 bits per heavy atom. The van der Waals surface area contributed by atoms with Gasteiger partial charge in [0, 0.05) is 25.3 Å². The van der Waals surface area contributed by atoms with Crippen molar-refractivity contribution in [3.05, 3.63) is 0 Å². The molecule has 0 spiro atoms. The quantitative estimate of drug-likeness (QED) is 0.427. The fourth-order valence-electron chi connectivity index (χ4n) is 1.95. The lowest BCUT2D eigenvalue weighted by Crippen LogP contribution is -2.21. The van der Waals surface area contributed by atoms with Crippen molar-refractivity contribution in [3.8, 4) is 0 Å². The van der Waals surface area contributed by atoms with Gasteiger partial charge in [-0.05, 0) is 43.9 Å². The number of hydrogen-bond donors (Lipinski definition) is 2. The van der Waals surface area contributed by atoms with Crippen molar-refractivity contribution in [1.29, 1.82) is 0 Å². The van der Waals surface area contributed by atoms with Gasteiger partial charge in [-0.15, -0.1) is 0 Å². The SMILES string of the molecule is CCC(C=NNC(=O)CCCC(=O)NN=CC(CC)CC)CC. The summed E-state index contributed by atoms with van der Waals surface area (Å²) < 4.78 is 0. The van der Waals surface area contributed by atoms with Crippen LogP contribution in [0.3, 0.4) is 0 Å². The maximum Gasteiger partial charge on any atom is 0.240 e. The molecule has 0 saturated carbocycles. The van der Waals surface area contributed by atoms with Crippen LogP contribution in [-0.2, 0) is 9.59 Å². The molecule has 0 atom stereocenters. The summed E-state index contributed by atoms with van der Waals surface area (Å²) in [5.74, 6) is 0.462. The van der Waals surface area contributed by atoms with Crippen molar-refractivity contribution in [2.24, 2.45) is 22.0 Å². The molecule has 0 aliphatic rings. The first kappa shape index (κ1) is 21.3. The highest BCUT2D eigenvalue weighted by molar-refractivity contribution is 5.79. The molecule has 0 aromatic heterocycles. The number of hydrogen-bond acceptors (Lipinski definition) is 4. The molecule has 6 nitrogen and oxygen atoms in total. The van der Waals surface area contributed by atoms with Crippen molar-refractivity contribution in [3.63, 3.8) is 0 Å². The van der Waals surface area contributed by atoms with Crippen LogP contribution in [0.5, 0.6) is 0 Å². The number of nitrogens with one attached hydrogen (secondary N) is 2. The van der Waals surface area contributed by atoms with E-state index in [-0.39, 0.29) is 24.7 Å². The van der Waals surface area contributed by atoms with E-state index in [0.29, 0.717) is 18.3 Å². The lowest BCUT2D eigenvalue weighted by atomic mass is 10.1. The molecule has 2 N–H and O–H groups in total. The zero-order valence-electron chi connectivity index (χ0n) is 15.0. The molecule has 0 radical (unpaired) electrons. The Bertz CT molecular complexity index is 350. The van der Waals surface area contributed by atoms with Gasteiger partial charge in [0.15, 0.2) is 0 Å². The normalized spacial score (nSPS) is 11.7. The summed E-state index contributed by atoms with van der Waals surface area (Å²) in [6.07, 6.45) is 8.63. The zero-order valence-corrected chi connectivity index (χ0v) is 15.0. The van der Waals surface area contributed by atoms with Crippen LogP contribution in [0, 0.1) is 11.8 Å². The molecule has 0 unspecified atom stereocenters. The summed E-state index contributed by atoms with van der Waals surface area (Å²) >= 11 is 0. The molecule has 23 heavy (non-hydrogen) atoms. The first-order chi connectivity index (χ1) is 11.1. The van der Waals surface area contributed by atoms with Gasteiger partial charge in [-0.25, -0.2) is 10.9 Å². The van der Waals surface area contributed by atoms with E-state index in [0.717, 1.165) is 25.7 Å². The van der Waals surface area contributed by atoms with Gasteiger partial charge in [0.25, 0.3) is 0 Å². The summed E-state index contributed by atoms with van der Waals surface area (Å²) in [4.78, 5) is 23.2. The van der Waals surface area contributed by atoms with Gasteiger partial charge in [0.1, 0.15) is 0 Å². The van der Waals surface area contributed by atoms with Crippen molar-refractivity contribution < 1.29 is 9.59 Å². The predicted molar refractivity (Wildman–Crippen MR) is 95.3 cm³/mol. The summed E-state index contributed by atoms with van der Waals surface area (Å²) in [5, 5.41) is 7.90. The Morgan fingerprint density at radius 1 is 0.783 bits per heavy atom. The van der Waals surface area contributed by atoms with Crippen molar-refractivity contribution >= 4 is 24.2 Å². The maximum absolute atomic E-state index is 11.6. The van der Waals surface area contributed by atoms with E-state index in [1.807, 2.05) is 0 Å². The number of carbonyl (C=O) groups excluding carboxylic acids is 2. The highest BCUT2D eigenvalue weighted by Gasteiger charge is 2.05. The second-order valence-electron chi connectivity index (χ2n) is 5.63. The monoisotopic (exact) mass is 324 g/mol. The minimum absolute atomic E-state index is 0.166. The third-order valence-corrected chi connectivity index (χ3v) is 3.85. The van der Waals surface area contributed by atoms with Crippen LogP contribution in [0.25, 0.3) is 0 Å². The summed E-state index contributed by atoms with van der Waals surface area (Å²) in [7, 11) is 0. The van der Waals surface area contributed by atoms with Gasteiger partial charge < -0.3 is 0 Å². The van der Waals surface area contributed by atoms with Gasteiger partial charge in [-0.2, -0.15) is 10.2 Å². The minimum atomic E-state index is -0.166. The van der Waals surface area contributed by atoms with E-state index in [2.05, 4.69) is 48.7 Å². The summed E-state index contributed by atoms with van der Waals surface area (Å²) in [6, 6.07) is 0. The predicted octanol–water partition coefficient (Wildman–Crippen LogP) is 3.23. The lowest BCUT2D eigenvalue weighted by molar-refractivity contribution is -0.122. The van der Waals surface area contributed by atoms with E-state index in [4.69, 9.17) is 0 Å². The van der Waals surface area contributed by atoms with E-state index in [9.17, 15) is 9.59 Å². The lowest BCUT2D eigenvalue weighted by Gasteiger charge is -2.05. The van der Waals surface area contributed by atoms with Crippen LogP contribution < -0.4 is 10.9 Å². The topological polar surface area (TPSA) is 82.9 Å². The smallest absolute Gasteiger partial charge is 0.240 e. The molecule has 6 heteroatoms. The third-order valence-electron chi connectivity index (χ3n) is 3.85. The molecule has 0 aromatic carbocycles. The Kier molecular flexibility index (Phi) is 12.9. The van der Waals surface area contributed by atoms with Gasteiger partial charge in [0.05, 0.1) is 0 Å². The van der Waals surface area contributed by atoms with Gasteiger partial charge in [0.2, 0.25) is 11.8 Å². The van der Waals surface area contributed by atoms with Crippen LogP contribution >= 0.6 is 0 Å². The fraction of sp³-hybridized carbons (Fsp3) is 0.765. The zero-order chi connectivity index (χ0) is 17.5. The van der Waals surface area contributed by atoms with Crippen molar-refractivity contribution in [2.75, 3.05) is 0 Å². The van der Waals surface area contributed by atoms with Gasteiger partial charge in [-0.3, -0.25) is 9.59 Å². The molecule has 0 fully saturated rings. The van der Waals surface area contributed by atoms with Crippen LogP contribution in [0.4, 0.5) is 0 Å². The van der Waals surface area contributed by atoms with Crippen LogP contribution in [0.15, 0.2) is 10.2 Å².